The van der Waals surface area contributed by atoms with Gasteiger partial charge in [-0.2, -0.15) is 5.10 Å². The van der Waals surface area contributed by atoms with Crippen LogP contribution in [-0.4, -0.2) is 27.9 Å². The number of aromatic nitrogens is 2. The summed E-state index contributed by atoms with van der Waals surface area (Å²) >= 11 is 0. The molecule has 0 unspecified atom stereocenters. The summed E-state index contributed by atoms with van der Waals surface area (Å²) in [5.74, 6) is -0.239. The van der Waals surface area contributed by atoms with E-state index in [0.29, 0.717) is 6.54 Å². The molecule has 0 bridgehead atoms. The van der Waals surface area contributed by atoms with Gasteiger partial charge in [0.25, 0.3) is 0 Å². The first-order valence-electron chi connectivity index (χ1n) is 5.27. The van der Waals surface area contributed by atoms with Crippen LogP contribution in [0, 0.1) is 0 Å². The molecule has 0 saturated carbocycles. The number of carbonyl (C=O) groups excluding carboxylic acids is 1. The minimum Gasteiger partial charge on any atom is -0.459 e. The molecule has 1 heterocycles. The van der Waals surface area contributed by atoms with Crippen LogP contribution in [0.15, 0.2) is 12.4 Å². The molecule has 0 spiro atoms. The van der Waals surface area contributed by atoms with Crippen molar-refractivity contribution in [3.05, 3.63) is 18.0 Å². The van der Waals surface area contributed by atoms with Gasteiger partial charge in [0.1, 0.15) is 5.60 Å². The van der Waals surface area contributed by atoms with Crippen LogP contribution < -0.4 is 5.32 Å². The zero-order valence-electron chi connectivity index (χ0n) is 10.3. The lowest BCUT2D eigenvalue weighted by molar-refractivity contribution is -0.153. The number of hydrogen-bond donors (Lipinski definition) is 1. The van der Waals surface area contributed by atoms with E-state index in [1.165, 1.54) is 0 Å². The van der Waals surface area contributed by atoms with Gasteiger partial charge < -0.3 is 10.1 Å². The van der Waals surface area contributed by atoms with E-state index in [4.69, 9.17) is 4.74 Å². The Labute approximate surface area is 95.8 Å². The second-order valence-corrected chi connectivity index (χ2v) is 4.71. The molecule has 16 heavy (non-hydrogen) atoms. The lowest BCUT2D eigenvalue weighted by Crippen LogP contribution is -2.31. The number of nitrogens with one attached hydrogen (secondary N) is 1. The van der Waals surface area contributed by atoms with E-state index >= 15 is 0 Å². The van der Waals surface area contributed by atoms with Crippen molar-refractivity contribution in [1.29, 1.82) is 0 Å². The van der Waals surface area contributed by atoms with Crippen molar-refractivity contribution < 1.29 is 9.53 Å². The highest BCUT2D eigenvalue weighted by Crippen LogP contribution is 2.06. The zero-order chi connectivity index (χ0) is 12.2. The Bertz CT molecular complexity index is 352. The van der Waals surface area contributed by atoms with E-state index < -0.39 is 5.60 Å². The summed E-state index contributed by atoms with van der Waals surface area (Å²) in [6.45, 7) is 6.39. The number of nitrogens with zero attached hydrogens (tertiary/aromatic N) is 2. The molecular formula is C11H19N3O2. The molecule has 0 fully saturated rings. The number of carbonyl (C=O) groups is 1. The zero-order valence-corrected chi connectivity index (χ0v) is 10.3. The first-order valence-corrected chi connectivity index (χ1v) is 5.27. The highest BCUT2D eigenvalue weighted by Gasteiger charge is 2.15. The average Bonchev–Trinajstić information content (AvgIpc) is 2.48. The molecule has 5 heteroatoms. The van der Waals surface area contributed by atoms with E-state index in [1.54, 1.807) is 10.9 Å². The van der Waals surface area contributed by atoms with Crippen molar-refractivity contribution in [2.24, 2.45) is 7.05 Å². The molecule has 0 amide bonds. The van der Waals surface area contributed by atoms with Crippen LogP contribution in [-0.2, 0) is 23.1 Å². The molecule has 0 aliphatic rings. The molecule has 1 rings (SSSR count). The van der Waals surface area contributed by atoms with Crippen LogP contribution in [0.1, 0.15) is 26.3 Å². The molecule has 1 aromatic rings. The smallest absolute Gasteiger partial charge is 0.320 e. The van der Waals surface area contributed by atoms with Crippen molar-refractivity contribution in [3.8, 4) is 0 Å². The van der Waals surface area contributed by atoms with Crippen LogP contribution in [0.2, 0.25) is 0 Å². The van der Waals surface area contributed by atoms with E-state index in [1.807, 2.05) is 34.0 Å². The summed E-state index contributed by atoms with van der Waals surface area (Å²) in [5.41, 5.74) is 0.624. The third-order valence-corrected chi connectivity index (χ3v) is 1.78. The third kappa shape index (κ3) is 4.93. The predicted molar refractivity (Wildman–Crippen MR) is 60.8 cm³/mol. The summed E-state index contributed by atoms with van der Waals surface area (Å²) < 4.78 is 6.89. The first-order chi connectivity index (χ1) is 7.37. The Hall–Kier alpha value is -1.36. The summed E-state index contributed by atoms with van der Waals surface area (Å²) in [6.07, 6.45) is 3.67. The molecule has 5 nitrogen and oxygen atoms in total. The fourth-order valence-corrected chi connectivity index (χ4v) is 1.25. The summed E-state index contributed by atoms with van der Waals surface area (Å²) in [4.78, 5) is 11.3. The maximum Gasteiger partial charge on any atom is 0.320 e. The lowest BCUT2D eigenvalue weighted by Gasteiger charge is -2.19. The molecular weight excluding hydrogens is 206 g/mol. The fourth-order valence-electron chi connectivity index (χ4n) is 1.25. The Morgan fingerprint density at radius 2 is 2.25 bits per heavy atom. The number of ether oxygens (including phenoxy) is 1. The standard InChI is InChI=1S/C11H19N3O2/c1-11(2,3)16-10(15)7-12-5-9-6-13-14(4)8-9/h6,8,12H,5,7H2,1-4H3. The predicted octanol–water partition coefficient (Wildman–Crippen LogP) is 0.851. The highest BCUT2D eigenvalue weighted by molar-refractivity contribution is 5.72. The average molecular weight is 225 g/mol. The van der Waals surface area contributed by atoms with Gasteiger partial charge in [-0.05, 0) is 20.8 Å². The maximum absolute atomic E-state index is 11.3. The van der Waals surface area contributed by atoms with Gasteiger partial charge in [-0.15, -0.1) is 0 Å². The van der Waals surface area contributed by atoms with Crippen LogP contribution in [0.3, 0.4) is 0 Å². The fraction of sp³-hybridized carbons (Fsp3) is 0.636. The van der Waals surface area contributed by atoms with Gasteiger partial charge >= 0.3 is 5.97 Å². The van der Waals surface area contributed by atoms with Crippen LogP contribution >= 0.6 is 0 Å². The summed E-state index contributed by atoms with van der Waals surface area (Å²) in [6, 6.07) is 0. The summed E-state index contributed by atoms with van der Waals surface area (Å²) in [5, 5.41) is 7.04. The lowest BCUT2D eigenvalue weighted by atomic mass is 10.2. The van der Waals surface area contributed by atoms with Crippen molar-refractivity contribution in [2.75, 3.05) is 6.54 Å². The van der Waals surface area contributed by atoms with Gasteiger partial charge in [-0.25, -0.2) is 0 Å². The summed E-state index contributed by atoms with van der Waals surface area (Å²) in [7, 11) is 1.86. The molecule has 0 saturated heterocycles. The SMILES string of the molecule is Cn1cc(CNCC(=O)OC(C)(C)C)cn1. The number of hydrogen-bond acceptors (Lipinski definition) is 4. The van der Waals surface area contributed by atoms with Crippen molar-refractivity contribution in [2.45, 2.75) is 32.9 Å². The Kier molecular flexibility index (Phi) is 4.06. The molecule has 0 aliphatic heterocycles. The quantitative estimate of drug-likeness (QED) is 0.772. The van der Waals surface area contributed by atoms with Gasteiger partial charge in [0.05, 0.1) is 12.7 Å². The van der Waals surface area contributed by atoms with Crippen LogP contribution in [0.25, 0.3) is 0 Å². The number of rotatable bonds is 4. The number of esters is 1. The van der Waals surface area contributed by atoms with E-state index in [-0.39, 0.29) is 12.5 Å². The topological polar surface area (TPSA) is 56.2 Å². The molecule has 90 valence electrons. The minimum absolute atomic E-state index is 0.214. The molecule has 1 N–H and O–H groups in total. The van der Waals surface area contributed by atoms with Crippen molar-refractivity contribution in [3.63, 3.8) is 0 Å². The minimum atomic E-state index is -0.424. The van der Waals surface area contributed by atoms with Gasteiger partial charge in [-0.1, -0.05) is 0 Å². The normalized spacial score (nSPS) is 11.5. The van der Waals surface area contributed by atoms with Crippen LogP contribution in [0.5, 0.6) is 0 Å². The Balaban J connectivity index is 2.23. The van der Waals surface area contributed by atoms with Crippen molar-refractivity contribution in [1.82, 2.24) is 15.1 Å². The number of aryl methyl sites for hydroxylation is 1. The van der Waals surface area contributed by atoms with E-state index in [0.717, 1.165) is 5.56 Å². The Morgan fingerprint density at radius 3 is 2.75 bits per heavy atom. The van der Waals surface area contributed by atoms with Crippen LogP contribution in [0.4, 0.5) is 0 Å². The highest BCUT2D eigenvalue weighted by atomic mass is 16.6. The maximum atomic E-state index is 11.3. The van der Waals surface area contributed by atoms with Gasteiger partial charge in [0.15, 0.2) is 0 Å². The molecule has 0 aromatic carbocycles. The van der Waals surface area contributed by atoms with E-state index in [9.17, 15) is 4.79 Å². The monoisotopic (exact) mass is 225 g/mol. The first kappa shape index (κ1) is 12.7. The molecule has 0 aliphatic carbocycles. The molecule has 0 radical (unpaired) electrons. The second kappa shape index (κ2) is 5.12. The van der Waals surface area contributed by atoms with Gasteiger partial charge in [0.2, 0.25) is 0 Å². The third-order valence-electron chi connectivity index (χ3n) is 1.78. The Morgan fingerprint density at radius 1 is 1.56 bits per heavy atom. The molecule has 0 atom stereocenters. The van der Waals surface area contributed by atoms with Gasteiger partial charge in [0, 0.05) is 25.4 Å². The van der Waals surface area contributed by atoms with E-state index in [2.05, 4.69) is 10.4 Å². The van der Waals surface area contributed by atoms with Gasteiger partial charge in [-0.3, -0.25) is 9.48 Å². The van der Waals surface area contributed by atoms with Crippen molar-refractivity contribution >= 4 is 5.97 Å². The second-order valence-electron chi connectivity index (χ2n) is 4.71. The molecule has 1 aromatic heterocycles. The largest absolute Gasteiger partial charge is 0.459 e.